The summed E-state index contributed by atoms with van der Waals surface area (Å²) in [4.78, 5) is 30.4. The zero-order valence-corrected chi connectivity index (χ0v) is 24.9. The minimum Gasteiger partial charge on any atom is -0.504 e. The highest BCUT2D eigenvalue weighted by Gasteiger charge is 2.35. The lowest BCUT2D eigenvalue weighted by atomic mass is 9.94. The standard InChI is InChI=1S/C30H27ClFN5O5S/c1-4-42-28(40)17-8-11-19(12-9-17)34-27(39)25-16(2)33-29-35-30(43-15-20-21(31)6-5-7-22(20)32)36-37(29)26(25)18-10-13-23(38)24(14-18)41-3/h5-14,26,38H,4,15H2,1-3H3,(H,34,39)(H,33,35,36)/t26-/m0/s1. The van der Waals surface area contributed by atoms with Crippen LogP contribution >= 0.6 is 23.4 Å². The van der Waals surface area contributed by atoms with E-state index in [-0.39, 0.29) is 23.9 Å². The fourth-order valence-electron chi connectivity index (χ4n) is 4.57. The summed E-state index contributed by atoms with van der Waals surface area (Å²) >= 11 is 7.40. The summed E-state index contributed by atoms with van der Waals surface area (Å²) in [5, 5.41) is 21.6. The molecule has 0 spiro atoms. The van der Waals surface area contributed by atoms with Crippen molar-refractivity contribution in [2.75, 3.05) is 24.4 Å². The van der Waals surface area contributed by atoms with Gasteiger partial charge in [-0.3, -0.25) is 4.79 Å². The Morgan fingerprint density at radius 2 is 1.95 bits per heavy atom. The second-order valence-electron chi connectivity index (χ2n) is 9.40. The summed E-state index contributed by atoms with van der Waals surface area (Å²) in [6.07, 6.45) is 0. The van der Waals surface area contributed by atoms with Crippen molar-refractivity contribution in [3.05, 3.63) is 99.5 Å². The molecule has 0 saturated carbocycles. The molecule has 1 aromatic heterocycles. The van der Waals surface area contributed by atoms with E-state index in [1.165, 1.54) is 37.1 Å². The van der Waals surface area contributed by atoms with Gasteiger partial charge in [0.25, 0.3) is 5.91 Å². The zero-order chi connectivity index (χ0) is 30.7. The Hall–Kier alpha value is -4.55. The van der Waals surface area contributed by atoms with Gasteiger partial charge < -0.3 is 25.2 Å². The number of fused-ring (bicyclic) bond motifs is 1. The first-order valence-corrected chi connectivity index (χ1v) is 14.5. The Kier molecular flexibility index (Phi) is 8.88. The van der Waals surface area contributed by atoms with E-state index in [9.17, 15) is 19.1 Å². The van der Waals surface area contributed by atoms with Gasteiger partial charge in [-0.15, -0.1) is 5.10 Å². The Morgan fingerprint density at radius 1 is 1.19 bits per heavy atom. The van der Waals surface area contributed by atoms with Crippen molar-refractivity contribution in [2.45, 2.75) is 30.8 Å². The molecule has 0 bridgehead atoms. The topological polar surface area (TPSA) is 128 Å². The number of halogens is 2. The number of carbonyl (C=O) groups is 2. The number of benzene rings is 3. The number of phenols is 1. The van der Waals surface area contributed by atoms with Gasteiger partial charge in [-0.25, -0.2) is 13.9 Å². The molecule has 4 aromatic rings. The lowest BCUT2D eigenvalue weighted by Crippen LogP contribution is -2.31. The number of aromatic nitrogens is 3. The van der Waals surface area contributed by atoms with Crippen LogP contribution in [-0.2, 0) is 15.3 Å². The lowest BCUT2D eigenvalue weighted by molar-refractivity contribution is -0.113. The van der Waals surface area contributed by atoms with E-state index in [0.29, 0.717) is 49.8 Å². The van der Waals surface area contributed by atoms with Gasteiger partial charge in [-0.2, -0.15) is 4.98 Å². The number of carbonyl (C=O) groups excluding carboxylic acids is 2. The van der Waals surface area contributed by atoms with Crippen molar-refractivity contribution in [2.24, 2.45) is 0 Å². The van der Waals surface area contributed by atoms with Crippen LogP contribution in [0, 0.1) is 5.82 Å². The van der Waals surface area contributed by atoms with E-state index in [4.69, 9.17) is 21.1 Å². The number of thioether (sulfide) groups is 1. The number of phenolic OH excluding ortho intramolecular Hbond substituents is 1. The first-order chi connectivity index (χ1) is 20.7. The minimum absolute atomic E-state index is 0.0644. The van der Waals surface area contributed by atoms with E-state index in [1.807, 2.05) is 0 Å². The van der Waals surface area contributed by atoms with Crippen LogP contribution in [0.5, 0.6) is 11.5 Å². The van der Waals surface area contributed by atoms with E-state index < -0.39 is 23.7 Å². The van der Waals surface area contributed by atoms with Gasteiger partial charge in [-0.05, 0) is 67.9 Å². The molecule has 3 N–H and O–H groups in total. The van der Waals surface area contributed by atoms with E-state index >= 15 is 0 Å². The Labute approximate surface area is 255 Å². The van der Waals surface area contributed by atoms with Crippen LogP contribution in [0.2, 0.25) is 5.02 Å². The second-order valence-corrected chi connectivity index (χ2v) is 10.8. The van der Waals surface area contributed by atoms with Crippen molar-refractivity contribution in [3.63, 3.8) is 0 Å². The summed E-state index contributed by atoms with van der Waals surface area (Å²) in [5.74, 6) is -0.608. The third-order valence-corrected chi connectivity index (χ3v) is 7.88. The maximum absolute atomic E-state index is 14.4. The highest BCUT2D eigenvalue weighted by molar-refractivity contribution is 7.98. The Balaban J connectivity index is 1.48. The maximum Gasteiger partial charge on any atom is 0.338 e. The quantitative estimate of drug-likeness (QED) is 0.148. The summed E-state index contributed by atoms with van der Waals surface area (Å²) in [6.45, 7) is 3.72. The lowest BCUT2D eigenvalue weighted by Gasteiger charge is -2.29. The molecule has 1 amide bonds. The number of aromatic hydroxyl groups is 1. The van der Waals surface area contributed by atoms with Crippen LogP contribution in [0.25, 0.3) is 0 Å². The number of esters is 1. The van der Waals surface area contributed by atoms with Gasteiger partial charge in [0.1, 0.15) is 11.9 Å². The van der Waals surface area contributed by atoms with Crippen LogP contribution in [0.3, 0.4) is 0 Å². The number of nitrogens with one attached hydrogen (secondary N) is 2. The van der Waals surface area contributed by atoms with Crippen LogP contribution < -0.4 is 15.4 Å². The predicted molar refractivity (Wildman–Crippen MR) is 161 cm³/mol. The van der Waals surface area contributed by atoms with Crippen molar-refractivity contribution in [3.8, 4) is 11.5 Å². The average Bonchev–Trinajstić information content (AvgIpc) is 3.39. The Morgan fingerprint density at radius 3 is 2.65 bits per heavy atom. The van der Waals surface area contributed by atoms with Gasteiger partial charge >= 0.3 is 5.97 Å². The molecule has 1 atom stereocenters. The Bertz CT molecular complexity index is 1710. The van der Waals surface area contributed by atoms with Crippen molar-refractivity contribution in [1.82, 2.24) is 14.8 Å². The smallest absolute Gasteiger partial charge is 0.338 e. The molecular formula is C30H27ClFN5O5S. The summed E-state index contributed by atoms with van der Waals surface area (Å²) in [7, 11) is 1.43. The van der Waals surface area contributed by atoms with Gasteiger partial charge in [0.2, 0.25) is 11.1 Å². The molecule has 13 heteroatoms. The molecule has 5 rings (SSSR count). The van der Waals surface area contributed by atoms with Crippen molar-refractivity contribution in [1.29, 1.82) is 0 Å². The number of allylic oxidation sites excluding steroid dienone is 1. The molecule has 3 aromatic carbocycles. The molecule has 0 fully saturated rings. The molecule has 2 heterocycles. The van der Waals surface area contributed by atoms with E-state index in [2.05, 4.69) is 20.7 Å². The summed E-state index contributed by atoms with van der Waals surface area (Å²) < 4.78 is 26.3. The number of rotatable bonds is 9. The molecule has 0 radical (unpaired) electrons. The molecule has 222 valence electrons. The number of anilines is 2. The SMILES string of the molecule is CCOC(=O)c1ccc(NC(=O)C2=C(C)Nc3nc(SCc4c(F)cccc4Cl)nn3[C@H]2c2ccc(O)c(OC)c2)cc1. The second kappa shape index (κ2) is 12.8. The zero-order valence-electron chi connectivity index (χ0n) is 23.4. The third kappa shape index (κ3) is 6.30. The number of methoxy groups -OCH3 is 1. The molecule has 0 unspecified atom stereocenters. The monoisotopic (exact) mass is 623 g/mol. The fourth-order valence-corrected chi connectivity index (χ4v) is 5.74. The number of nitrogens with zero attached hydrogens (tertiary/aromatic N) is 3. The molecule has 1 aliphatic rings. The highest BCUT2D eigenvalue weighted by Crippen LogP contribution is 2.40. The van der Waals surface area contributed by atoms with Gasteiger partial charge in [0.15, 0.2) is 11.5 Å². The molecule has 0 saturated heterocycles. The summed E-state index contributed by atoms with van der Waals surface area (Å²) in [6, 6.07) is 14.8. The maximum atomic E-state index is 14.4. The first kappa shape index (κ1) is 29.9. The molecule has 43 heavy (non-hydrogen) atoms. The average molecular weight is 624 g/mol. The largest absolute Gasteiger partial charge is 0.504 e. The molecule has 10 nitrogen and oxygen atoms in total. The molecule has 1 aliphatic heterocycles. The normalized spacial score (nSPS) is 14.1. The number of hydrogen-bond donors (Lipinski definition) is 3. The highest BCUT2D eigenvalue weighted by atomic mass is 35.5. The van der Waals surface area contributed by atoms with Gasteiger partial charge in [0.05, 0.1) is 24.9 Å². The van der Waals surface area contributed by atoms with E-state index in [1.54, 1.807) is 61.0 Å². The minimum atomic E-state index is -0.775. The van der Waals surface area contributed by atoms with E-state index in [0.717, 1.165) is 0 Å². The number of amides is 1. The molecule has 0 aliphatic carbocycles. The third-order valence-electron chi connectivity index (χ3n) is 6.66. The fraction of sp³-hybridized carbons (Fsp3) is 0.200. The van der Waals surface area contributed by atoms with Crippen LogP contribution in [0.15, 0.2) is 77.1 Å². The first-order valence-electron chi connectivity index (χ1n) is 13.2. The van der Waals surface area contributed by atoms with Gasteiger partial charge in [0, 0.05) is 27.7 Å². The predicted octanol–water partition coefficient (Wildman–Crippen LogP) is 6.18. The van der Waals surface area contributed by atoms with Crippen molar-refractivity contribution >= 4 is 46.9 Å². The summed E-state index contributed by atoms with van der Waals surface area (Å²) in [5.41, 5.74) is 2.59. The van der Waals surface area contributed by atoms with Crippen LogP contribution in [0.4, 0.5) is 16.0 Å². The van der Waals surface area contributed by atoms with Crippen LogP contribution in [-0.4, -0.2) is 45.5 Å². The number of ether oxygens (including phenoxy) is 2. The van der Waals surface area contributed by atoms with Crippen LogP contribution in [0.1, 0.15) is 41.4 Å². The number of hydrogen-bond acceptors (Lipinski definition) is 9. The van der Waals surface area contributed by atoms with Crippen molar-refractivity contribution < 1.29 is 28.6 Å². The molecular weight excluding hydrogens is 597 g/mol. The van der Waals surface area contributed by atoms with Gasteiger partial charge in [-0.1, -0.05) is 35.5 Å².